The minimum Gasteiger partial charge on any atom is -0.466 e. The molecule has 7 nitrogen and oxygen atoms in total. The molecule has 1 saturated heterocycles. The summed E-state index contributed by atoms with van der Waals surface area (Å²) in [5.74, 6) is -0.842. The lowest BCUT2D eigenvalue weighted by molar-refractivity contribution is -0.150. The van der Waals surface area contributed by atoms with Crippen LogP contribution in [0.2, 0.25) is 0 Å². The Balaban J connectivity index is 2.21. The van der Waals surface area contributed by atoms with Gasteiger partial charge in [0.05, 0.1) is 24.4 Å². The van der Waals surface area contributed by atoms with Gasteiger partial charge in [0.1, 0.15) is 5.60 Å². The molecule has 0 aliphatic carbocycles. The number of carbonyl (C=O) groups excluding carboxylic acids is 2. The molecule has 1 amide bonds. The number of esters is 1. The van der Waals surface area contributed by atoms with Crippen molar-refractivity contribution in [3.8, 4) is 0 Å². The summed E-state index contributed by atoms with van der Waals surface area (Å²) in [6.07, 6.45) is 1.69. The molecule has 0 bridgehead atoms. The van der Waals surface area contributed by atoms with Crippen LogP contribution < -0.4 is 5.73 Å². The predicted octanol–water partition coefficient (Wildman–Crippen LogP) is 2.57. The topological polar surface area (TPSA) is 94.8 Å². The maximum Gasteiger partial charge on any atom is 0.410 e. The number of hydrogen-bond acceptors (Lipinski definition) is 6. The van der Waals surface area contributed by atoms with Crippen molar-refractivity contribution in [1.29, 1.82) is 0 Å². The summed E-state index contributed by atoms with van der Waals surface area (Å²) in [6, 6.07) is 3.54. The maximum atomic E-state index is 12.4. The Kier molecular flexibility index (Phi) is 5.87. The van der Waals surface area contributed by atoms with Gasteiger partial charge in [-0.2, -0.15) is 0 Å². The molecule has 25 heavy (non-hydrogen) atoms. The summed E-state index contributed by atoms with van der Waals surface area (Å²) in [5, 5.41) is 0. The molecule has 1 aromatic heterocycles. The Hall–Kier alpha value is -2.31. The quantitative estimate of drug-likeness (QED) is 0.843. The SMILES string of the molecule is CCOC(=O)C1CCN(C(=O)OC(C)(C)C)CC1c1ccc(N)cn1. The minimum atomic E-state index is -0.565. The van der Waals surface area contributed by atoms with Crippen LogP contribution in [0.15, 0.2) is 18.3 Å². The van der Waals surface area contributed by atoms with Gasteiger partial charge in [0.15, 0.2) is 0 Å². The second-order valence-corrected chi connectivity index (χ2v) is 7.20. The van der Waals surface area contributed by atoms with E-state index in [0.29, 0.717) is 31.8 Å². The number of anilines is 1. The first kappa shape index (κ1) is 19.0. The van der Waals surface area contributed by atoms with E-state index in [2.05, 4.69) is 4.98 Å². The predicted molar refractivity (Wildman–Crippen MR) is 93.9 cm³/mol. The molecule has 0 saturated carbocycles. The van der Waals surface area contributed by atoms with E-state index >= 15 is 0 Å². The van der Waals surface area contributed by atoms with Crippen molar-refractivity contribution in [2.45, 2.75) is 45.6 Å². The highest BCUT2D eigenvalue weighted by atomic mass is 16.6. The number of rotatable bonds is 3. The summed E-state index contributed by atoms with van der Waals surface area (Å²) in [6.45, 7) is 8.40. The van der Waals surface area contributed by atoms with Gasteiger partial charge in [0, 0.05) is 24.7 Å². The molecule has 0 spiro atoms. The molecular formula is C18H27N3O4. The molecule has 138 valence electrons. The molecule has 1 aromatic rings. The van der Waals surface area contributed by atoms with Crippen LogP contribution in [0, 0.1) is 5.92 Å². The number of piperidine rings is 1. The molecule has 2 atom stereocenters. The van der Waals surface area contributed by atoms with Crippen molar-refractivity contribution >= 4 is 17.7 Å². The van der Waals surface area contributed by atoms with Crippen LogP contribution in [0.25, 0.3) is 0 Å². The average molecular weight is 349 g/mol. The number of pyridine rings is 1. The zero-order valence-corrected chi connectivity index (χ0v) is 15.3. The van der Waals surface area contributed by atoms with E-state index in [1.54, 1.807) is 30.2 Å². The van der Waals surface area contributed by atoms with Crippen LogP contribution in [0.1, 0.15) is 45.7 Å². The van der Waals surface area contributed by atoms with Gasteiger partial charge in [-0.15, -0.1) is 0 Å². The highest BCUT2D eigenvalue weighted by Crippen LogP contribution is 2.33. The fourth-order valence-electron chi connectivity index (χ4n) is 2.91. The van der Waals surface area contributed by atoms with E-state index in [1.165, 1.54) is 0 Å². The number of amides is 1. The number of nitrogens with two attached hydrogens (primary N) is 1. The second kappa shape index (κ2) is 7.72. The number of nitrogen functional groups attached to an aromatic ring is 1. The first-order valence-electron chi connectivity index (χ1n) is 8.57. The number of aromatic nitrogens is 1. The highest BCUT2D eigenvalue weighted by Gasteiger charge is 2.39. The zero-order chi connectivity index (χ0) is 18.6. The number of hydrogen-bond donors (Lipinski definition) is 1. The van der Waals surface area contributed by atoms with E-state index in [4.69, 9.17) is 15.2 Å². The third kappa shape index (κ3) is 5.08. The van der Waals surface area contributed by atoms with E-state index in [1.807, 2.05) is 20.8 Å². The van der Waals surface area contributed by atoms with E-state index in [-0.39, 0.29) is 23.9 Å². The highest BCUT2D eigenvalue weighted by molar-refractivity contribution is 5.75. The Bertz CT molecular complexity index is 610. The van der Waals surface area contributed by atoms with Gasteiger partial charge in [0.2, 0.25) is 0 Å². The van der Waals surface area contributed by atoms with Gasteiger partial charge in [0.25, 0.3) is 0 Å². The normalized spacial score (nSPS) is 20.9. The van der Waals surface area contributed by atoms with Crippen molar-refractivity contribution in [2.75, 3.05) is 25.4 Å². The molecule has 2 rings (SSSR count). The smallest absolute Gasteiger partial charge is 0.410 e. The van der Waals surface area contributed by atoms with Crippen molar-refractivity contribution in [3.63, 3.8) is 0 Å². The molecule has 7 heteroatoms. The molecule has 1 fully saturated rings. The third-order valence-corrected chi connectivity index (χ3v) is 4.04. The number of nitrogens with zero attached hydrogens (tertiary/aromatic N) is 2. The van der Waals surface area contributed by atoms with Crippen LogP contribution in [0.4, 0.5) is 10.5 Å². The van der Waals surface area contributed by atoms with Crippen LogP contribution >= 0.6 is 0 Å². The first-order chi connectivity index (χ1) is 11.7. The monoisotopic (exact) mass is 349 g/mol. The van der Waals surface area contributed by atoms with Gasteiger partial charge < -0.3 is 20.1 Å². The van der Waals surface area contributed by atoms with Crippen LogP contribution in [-0.2, 0) is 14.3 Å². The first-order valence-corrected chi connectivity index (χ1v) is 8.57. The Morgan fingerprint density at radius 1 is 1.36 bits per heavy atom. The number of carbonyl (C=O) groups is 2. The van der Waals surface area contributed by atoms with Crippen LogP contribution in [0.5, 0.6) is 0 Å². The van der Waals surface area contributed by atoms with Crippen LogP contribution in [0.3, 0.4) is 0 Å². The summed E-state index contributed by atoms with van der Waals surface area (Å²) in [5.41, 5.74) is 6.41. The zero-order valence-electron chi connectivity index (χ0n) is 15.3. The molecule has 1 aliphatic heterocycles. The summed E-state index contributed by atoms with van der Waals surface area (Å²) in [7, 11) is 0. The molecular weight excluding hydrogens is 322 g/mol. The summed E-state index contributed by atoms with van der Waals surface area (Å²) in [4.78, 5) is 30.7. The Morgan fingerprint density at radius 2 is 2.08 bits per heavy atom. The molecule has 2 heterocycles. The fraction of sp³-hybridized carbons (Fsp3) is 0.611. The standard InChI is InChI=1S/C18H27N3O4/c1-5-24-16(22)13-8-9-21(17(23)25-18(2,3)4)11-14(13)15-7-6-12(19)10-20-15/h6-7,10,13-14H,5,8-9,11,19H2,1-4H3. The summed E-state index contributed by atoms with van der Waals surface area (Å²) < 4.78 is 10.7. The Morgan fingerprint density at radius 3 is 2.64 bits per heavy atom. The number of likely N-dealkylation sites (tertiary alicyclic amines) is 1. The molecule has 2 unspecified atom stereocenters. The molecule has 0 aromatic carbocycles. The van der Waals surface area contributed by atoms with Crippen molar-refractivity contribution in [1.82, 2.24) is 9.88 Å². The third-order valence-electron chi connectivity index (χ3n) is 4.04. The lowest BCUT2D eigenvalue weighted by Gasteiger charge is -2.37. The molecule has 0 radical (unpaired) electrons. The van der Waals surface area contributed by atoms with E-state index in [0.717, 1.165) is 5.69 Å². The number of ether oxygens (including phenoxy) is 2. The maximum absolute atomic E-state index is 12.4. The Labute approximate surface area is 148 Å². The largest absolute Gasteiger partial charge is 0.466 e. The lowest BCUT2D eigenvalue weighted by atomic mass is 9.83. The van der Waals surface area contributed by atoms with E-state index < -0.39 is 5.60 Å². The van der Waals surface area contributed by atoms with Gasteiger partial charge in [-0.25, -0.2) is 4.79 Å². The fourth-order valence-corrected chi connectivity index (χ4v) is 2.91. The van der Waals surface area contributed by atoms with Crippen molar-refractivity contribution < 1.29 is 19.1 Å². The van der Waals surface area contributed by atoms with Gasteiger partial charge in [-0.05, 0) is 46.2 Å². The van der Waals surface area contributed by atoms with Gasteiger partial charge in [-0.1, -0.05) is 0 Å². The average Bonchev–Trinajstić information content (AvgIpc) is 2.53. The van der Waals surface area contributed by atoms with Crippen LogP contribution in [-0.4, -0.2) is 47.2 Å². The second-order valence-electron chi connectivity index (χ2n) is 7.20. The lowest BCUT2D eigenvalue weighted by Crippen LogP contribution is -2.47. The molecule has 1 aliphatic rings. The minimum absolute atomic E-state index is 0.249. The van der Waals surface area contributed by atoms with Crippen molar-refractivity contribution in [2.24, 2.45) is 5.92 Å². The van der Waals surface area contributed by atoms with Crippen molar-refractivity contribution in [3.05, 3.63) is 24.0 Å². The van der Waals surface area contributed by atoms with Gasteiger partial charge >= 0.3 is 12.1 Å². The van der Waals surface area contributed by atoms with Gasteiger partial charge in [-0.3, -0.25) is 9.78 Å². The van der Waals surface area contributed by atoms with E-state index in [9.17, 15) is 9.59 Å². The summed E-state index contributed by atoms with van der Waals surface area (Å²) >= 11 is 0. The molecule has 2 N–H and O–H groups in total.